The quantitative estimate of drug-likeness (QED) is 0.0978. The maximum absolute atomic E-state index is 13.4. The van der Waals surface area contributed by atoms with Crippen LogP contribution in [0.1, 0.15) is 163 Å². The zero-order valence-electron chi connectivity index (χ0n) is 41.2. The summed E-state index contributed by atoms with van der Waals surface area (Å²) in [6.45, 7) is 23.0. The molecule has 1 N–H and O–H groups in total. The van der Waals surface area contributed by atoms with Crippen LogP contribution >= 0.6 is 0 Å². The minimum atomic E-state index is -0.426. The molecule has 358 valence electrons. The minimum Gasteiger partial charge on any atom is -0.449 e. The van der Waals surface area contributed by atoms with Crippen molar-refractivity contribution in [3.8, 4) is 11.1 Å². The van der Waals surface area contributed by atoms with Crippen LogP contribution in [0.2, 0.25) is 0 Å². The highest BCUT2D eigenvalue weighted by Crippen LogP contribution is 2.68. The van der Waals surface area contributed by atoms with Crippen LogP contribution in [0.25, 0.3) is 11.1 Å². The molecule has 9 nitrogen and oxygen atoms in total. The van der Waals surface area contributed by atoms with Gasteiger partial charge in [0.15, 0.2) is 0 Å². The number of hydrogen-bond donors (Lipinski definition) is 1. The van der Waals surface area contributed by atoms with Gasteiger partial charge in [-0.25, -0.2) is 4.79 Å². The zero-order chi connectivity index (χ0) is 45.5. The van der Waals surface area contributed by atoms with Crippen LogP contribution in [0.15, 0.2) is 48.5 Å². The van der Waals surface area contributed by atoms with Crippen LogP contribution in [-0.4, -0.2) is 76.2 Å². The van der Waals surface area contributed by atoms with Gasteiger partial charge in [-0.1, -0.05) is 69.3 Å². The Morgan fingerprint density at radius 1 is 0.719 bits per heavy atom. The van der Waals surface area contributed by atoms with Gasteiger partial charge in [0, 0.05) is 19.1 Å². The molecule has 6 unspecified atom stereocenters. The summed E-state index contributed by atoms with van der Waals surface area (Å²) >= 11 is 0. The molecule has 4 fully saturated rings. The molecule has 0 aliphatic heterocycles. The normalized spacial score (nSPS) is 29.8. The van der Waals surface area contributed by atoms with Gasteiger partial charge in [0.25, 0.3) is 0 Å². The van der Waals surface area contributed by atoms with Gasteiger partial charge in [-0.05, 0) is 194 Å². The van der Waals surface area contributed by atoms with E-state index in [-0.39, 0.29) is 49.5 Å². The van der Waals surface area contributed by atoms with E-state index in [1.54, 1.807) is 0 Å². The van der Waals surface area contributed by atoms with E-state index in [9.17, 15) is 4.79 Å². The highest BCUT2D eigenvalue weighted by atomic mass is 16.7. The van der Waals surface area contributed by atoms with Crippen molar-refractivity contribution in [3.05, 3.63) is 59.7 Å². The second-order valence-electron chi connectivity index (χ2n) is 22.9. The summed E-state index contributed by atoms with van der Waals surface area (Å²) in [4.78, 5) is 13.4. The largest absolute Gasteiger partial charge is 0.449 e. The number of amides is 1. The van der Waals surface area contributed by atoms with Crippen LogP contribution in [-0.2, 0) is 33.2 Å². The molecular formula is C55H85NO8. The monoisotopic (exact) mass is 888 g/mol. The van der Waals surface area contributed by atoms with E-state index >= 15 is 0 Å². The van der Waals surface area contributed by atoms with Gasteiger partial charge >= 0.3 is 6.09 Å². The molecule has 2 aromatic carbocycles. The van der Waals surface area contributed by atoms with Gasteiger partial charge in [-0.3, -0.25) is 0 Å². The van der Waals surface area contributed by atoms with Gasteiger partial charge < -0.3 is 38.5 Å². The molecule has 5 aliphatic rings. The molecule has 9 heteroatoms. The van der Waals surface area contributed by atoms with E-state index in [2.05, 4.69) is 95.4 Å². The molecule has 10 atom stereocenters. The lowest BCUT2D eigenvalue weighted by molar-refractivity contribution is -0.159. The average molecular weight is 888 g/mol. The molecule has 0 aromatic heterocycles. The minimum absolute atomic E-state index is 0.00758. The number of carbonyl (C=O) groups is 1. The molecular weight excluding hydrogens is 803 g/mol. The van der Waals surface area contributed by atoms with Gasteiger partial charge in [0.1, 0.15) is 27.0 Å². The fraction of sp³-hybridized carbons (Fsp3) is 0.764. The summed E-state index contributed by atoms with van der Waals surface area (Å²) in [5.41, 5.74) is 5.29. The molecule has 0 heterocycles. The van der Waals surface area contributed by atoms with E-state index in [0.29, 0.717) is 43.2 Å². The average Bonchev–Trinajstić information content (AvgIpc) is 3.77. The first-order valence-electron chi connectivity index (χ1n) is 25.3. The number of carbonyl (C=O) groups excluding carboxylic acids is 1. The van der Waals surface area contributed by atoms with Crippen molar-refractivity contribution in [3.63, 3.8) is 0 Å². The predicted molar refractivity (Wildman–Crippen MR) is 254 cm³/mol. The molecule has 0 spiro atoms. The molecule has 5 aliphatic carbocycles. The molecule has 64 heavy (non-hydrogen) atoms. The second kappa shape index (κ2) is 21.6. The summed E-state index contributed by atoms with van der Waals surface area (Å²) in [6, 6.07) is 16.6. The number of rotatable bonds is 21. The van der Waals surface area contributed by atoms with Crippen molar-refractivity contribution < 1.29 is 38.0 Å². The SMILES string of the molecule is C[C@H](CCCOCOC(C)(C)C)C1CC[C@H]2C3CCC4CC(OCOC[C@H](CCCOCOC(C)(C)C)NC(=O)OCC5c6ccccc6-c6ccccc65)CCC4(C)[C@H]3CCC12C. The van der Waals surface area contributed by atoms with E-state index in [4.69, 9.17) is 33.2 Å². The Bertz CT molecular complexity index is 1740. The lowest BCUT2D eigenvalue weighted by Crippen LogP contribution is -2.54. The second-order valence-corrected chi connectivity index (χ2v) is 22.9. The Morgan fingerprint density at radius 2 is 1.33 bits per heavy atom. The van der Waals surface area contributed by atoms with Crippen LogP contribution < -0.4 is 5.32 Å². The fourth-order valence-electron chi connectivity index (χ4n) is 13.4. The topological polar surface area (TPSA) is 93.7 Å². The smallest absolute Gasteiger partial charge is 0.407 e. The van der Waals surface area contributed by atoms with Crippen molar-refractivity contribution in [2.45, 2.75) is 175 Å². The third-order valence-corrected chi connectivity index (χ3v) is 16.7. The van der Waals surface area contributed by atoms with Gasteiger partial charge in [-0.2, -0.15) is 0 Å². The van der Waals surface area contributed by atoms with Crippen molar-refractivity contribution in [2.24, 2.45) is 46.3 Å². The molecule has 2 aromatic rings. The highest BCUT2D eigenvalue weighted by molar-refractivity contribution is 5.79. The molecule has 4 saturated carbocycles. The third kappa shape index (κ3) is 12.1. The van der Waals surface area contributed by atoms with Crippen molar-refractivity contribution in [1.29, 1.82) is 0 Å². The summed E-state index contributed by atoms with van der Waals surface area (Å²) in [5, 5.41) is 3.12. The maximum Gasteiger partial charge on any atom is 0.407 e. The van der Waals surface area contributed by atoms with Crippen LogP contribution in [0.3, 0.4) is 0 Å². The Kier molecular flexibility index (Phi) is 16.7. The molecule has 1 amide bonds. The van der Waals surface area contributed by atoms with E-state index in [1.165, 1.54) is 73.6 Å². The Morgan fingerprint density at radius 3 is 1.98 bits per heavy atom. The standard InChI is InChI=1S/C55H85NO8/c1-38(16-14-30-58-36-63-52(2,3)4)48-24-25-49-46-23-22-39-32-41(26-28-54(39,8)50(46)27-29-55(48,49)9)62-35-60-33-40(17-15-31-59-37-64-53(5,6)7)56-51(57)61-34-47-44-20-12-10-18-42(44)43-19-11-13-21-45(43)47/h10-13,18-21,38-41,46-50H,14-17,22-37H2,1-9H3,(H,56,57)/t38-,39?,40+,41?,46?,48?,49+,50+,54?,55?/m1/s1. The number of alkyl carbamates (subject to hydrolysis) is 1. The summed E-state index contributed by atoms with van der Waals surface area (Å²) in [5.74, 6) is 4.86. The summed E-state index contributed by atoms with van der Waals surface area (Å²) in [7, 11) is 0. The maximum atomic E-state index is 13.4. The lowest BCUT2D eigenvalue weighted by atomic mass is 9.44. The van der Waals surface area contributed by atoms with Gasteiger partial charge in [0.05, 0.1) is 30.0 Å². The summed E-state index contributed by atoms with van der Waals surface area (Å²) < 4.78 is 41.8. The Balaban J connectivity index is 0.859. The van der Waals surface area contributed by atoms with E-state index in [0.717, 1.165) is 61.9 Å². The third-order valence-electron chi connectivity index (χ3n) is 16.7. The molecule has 0 radical (unpaired) electrons. The number of benzene rings is 2. The van der Waals surface area contributed by atoms with Gasteiger partial charge in [-0.15, -0.1) is 0 Å². The number of nitrogens with one attached hydrogen (secondary N) is 1. The Hall–Kier alpha value is -2.53. The number of fused-ring (bicyclic) bond motifs is 8. The lowest BCUT2D eigenvalue weighted by Gasteiger charge is -2.61. The first-order chi connectivity index (χ1) is 30.6. The van der Waals surface area contributed by atoms with E-state index < -0.39 is 6.09 Å². The summed E-state index contributed by atoms with van der Waals surface area (Å²) in [6.07, 6.45) is 15.4. The fourth-order valence-corrected chi connectivity index (χ4v) is 13.4. The van der Waals surface area contributed by atoms with E-state index in [1.807, 2.05) is 20.8 Å². The Labute approximate surface area is 387 Å². The van der Waals surface area contributed by atoms with Crippen molar-refractivity contribution in [1.82, 2.24) is 5.32 Å². The predicted octanol–water partition coefficient (Wildman–Crippen LogP) is 12.7. The highest BCUT2D eigenvalue weighted by Gasteiger charge is 2.60. The van der Waals surface area contributed by atoms with Crippen molar-refractivity contribution in [2.75, 3.05) is 46.8 Å². The first kappa shape index (κ1) is 49.4. The molecule has 7 rings (SSSR count). The number of ether oxygens (including phenoxy) is 7. The first-order valence-corrected chi connectivity index (χ1v) is 25.3. The van der Waals surface area contributed by atoms with Crippen LogP contribution in [0, 0.1) is 46.3 Å². The molecule has 0 saturated heterocycles. The molecule has 0 bridgehead atoms. The zero-order valence-corrected chi connectivity index (χ0v) is 41.2. The van der Waals surface area contributed by atoms with Gasteiger partial charge in [0.2, 0.25) is 0 Å². The van der Waals surface area contributed by atoms with Crippen molar-refractivity contribution >= 4 is 6.09 Å². The van der Waals surface area contributed by atoms with Crippen LogP contribution in [0.4, 0.5) is 4.79 Å². The van der Waals surface area contributed by atoms with Crippen LogP contribution in [0.5, 0.6) is 0 Å². The number of hydrogen-bond acceptors (Lipinski definition) is 8.